The van der Waals surface area contributed by atoms with Crippen molar-refractivity contribution in [2.45, 2.75) is 43.8 Å². The lowest BCUT2D eigenvalue weighted by atomic mass is 9.85. The van der Waals surface area contributed by atoms with Crippen LogP contribution < -0.4 is 5.73 Å². The largest absolute Gasteiger partial charge is 0.323 e. The van der Waals surface area contributed by atoms with E-state index in [1.807, 2.05) is 11.4 Å². The van der Waals surface area contributed by atoms with Crippen LogP contribution in [0.4, 0.5) is 0 Å². The topological polar surface area (TPSA) is 29.3 Å². The number of hydrogen-bond donors (Lipinski definition) is 1. The van der Waals surface area contributed by atoms with Crippen LogP contribution in [0, 0.1) is 5.92 Å². The summed E-state index contributed by atoms with van der Waals surface area (Å²) in [4.78, 5) is 3.74. The van der Waals surface area contributed by atoms with Crippen molar-refractivity contribution in [3.63, 3.8) is 0 Å². The monoisotopic (exact) mass is 270 g/mol. The summed E-state index contributed by atoms with van der Waals surface area (Å²) in [6.07, 6.45) is 5.18. The number of nitrogens with two attached hydrogens (primary N) is 1. The number of piperidine rings is 1. The van der Waals surface area contributed by atoms with Crippen LogP contribution in [0.2, 0.25) is 5.02 Å². The van der Waals surface area contributed by atoms with Gasteiger partial charge in [0.25, 0.3) is 0 Å². The molecule has 2 N–H and O–H groups in total. The summed E-state index contributed by atoms with van der Waals surface area (Å²) in [6.45, 7) is 0. The molecule has 17 heavy (non-hydrogen) atoms. The normalized spacial score (nSPS) is 35.1. The first-order valence-electron chi connectivity index (χ1n) is 6.37. The van der Waals surface area contributed by atoms with Gasteiger partial charge in [-0.15, -0.1) is 11.3 Å². The van der Waals surface area contributed by atoms with Crippen molar-refractivity contribution in [1.29, 1.82) is 0 Å². The second-order valence-corrected chi connectivity index (χ2v) is 6.80. The van der Waals surface area contributed by atoms with Crippen molar-refractivity contribution in [2.24, 2.45) is 11.7 Å². The molecule has 2 aliphatic rings. The average molecular weight is 271 g/mol. The highest BCUT2D eigenvalue weighted by Gasteiger charge is 2.40. The molecule has 1 aromatic heterocycles. The van der Waals surface area contributed by atoms with Crippen LogP contribution >= 0.6 is 22.9 Å². The van der Waals surface area contributed by atoms with Gasteiger partial charge in [0.2, 0.25) is 0 Å². The Bertz CT molecular complexity index is 392. The van der Waals surface area contributed by atoms with Gasteiger partial charge in [-0.25, -0.2) is 0 Å². The van der Waals surface area contributed by atoms with Crippen LogP contribution in [-0.4, -0.2) is 24.0 Å². The highest BCUT2D eigenvalue weighted by molar-refractivity contribution is 7.10. The van der Waals surface area contributed by atoms with E-state index in [0.717, 1.165) is 17.1 Å². The molecule has 3 heterocycles. The van der Waals surface area contributed by atoms with Crippen LogP contribution in [0.25, 0.3) is 0 Å². The van der Waals surface area contributed by atoms with E-state index < -0.39 is 0 Å². The Hall–Kier alpha value is -0.0900. The van der Waals surface area contributed by atoms with Crippen molar-refractivity contribution in [1.82, 2.24) is 4.90 Å². The molecule has 4 heteroatoms. The molecule has 0 spiro atoms. The molecular formula is C13H19ClN2S. The highest BCUT2D eigenvalue weighted by atomic mass is 35.5. The molecule has 2 bridgehead atoms. The quantitative estimate of drug-likeness (QED) is 0.894. The Kier molecular flexibility index (Phi) is 3.20. The molecule has 0 aliphatic carbocycles. The van der Waals surface area contributed by atoms with Gasteiger partial charge in [0.1, 0.15) is 0 Å². The molecule has 3 rings (SSSR count). The standard InChI is InChI=1S/C13H19ClN2S/c1-16-9-2-3-10(16)7-8(6-9)12(15)13-11(14)4-5-17-13/h4-5,8-10,12H,2-3,6-7,15H2,1H3. The molecule has 3 unspecified atom stereocenters. The first-order chi connectivity index (χ1) is 8.16. The Balaban J connectivity index is 1.76. The molecule has 0 radical (unpaired) electrons. The van der Waals surface area contributed by atoms with E-state index >= 15 is 0 Å². The lowest BCUT2D eigenvalue weighted by Crippen LogP contribution is -2.42. The van der Waals surface area contributed by atoms with E-state index in [1.54, 1.807) is 11.3 Å². The molecule has 2 saturated heterocycles. The first-order valence-corrected chi connectivity index (χ1v) is 7.63. The van der Waals surface area contributed by atoms with Crippen molar-refractivity contribution < 1.29 is 0 Å². The predicted octanol–water partition coefficient (Wildman–Crippen LogP) is 3.27. The minimum atomic E-state index is 0.138. The van der Waals surface area contributed by atoms with Gasteiger partial charge < -0.3 is 10.6 Å². The lowest BCUT2D eigenvalue weighted by Gasteiger charge is -2.38. The zero-order valence-corrected chi connectivity index (χ0v) is 11.7. The maximum atomic E-state index is 6.42. The van der Waals surface area contributed by atoms with Crippen LogP contribution in [0.3, 0.4) is 0 Å². The van der Waals surface area contributed by atoms with Gasteiger partial charge in [-0.1, -0.05) is 11.6 Å². The second kappa shape index (κ2) is 4.54. The van der Waals surface area contributed by atoms with Gasteiger partial charge in [0.05, 0.1) is 5.02 Å². The zero-order valence-electron chi connectivity index (χ0n) is 10.1. The summed E-state index contributed by atoms with van der Waals surface area (Å²) in [5.74, 6) is 0.611. The molecule has 2 aliphatic heterocycles. The van der Waals surface area contributed by atoms with Crippen LogP contribution in [0.15, 0.2) is 11.4 Å². The van der Waals surface area contributed by atoms with Gasteiger partial charge in [-0.05, 0) is 50.1 Å². The molecule has 0 aromatic carbocycles. The highest BCUT2D eigenvalue weighted by Crippen LogP contribution is 2.43. The summed E-state index contributed by atoms with van der Waals surface area (Å²) in [7, 11) is 2.27. The Morgan fingerprint density at radius 2 is 2.06 bits per heavy atom. The fourth-order valence-electron chi connectivity index (χ4n) is 3.50. The van der Waals surface area contributed by atoms with Crippen LogP contribution in [0.1, 0.15) is 36.6 Å². The van der Waals surface area contributed by atoms with Crippen LogP contribution in [-0.2, 0) is 0 Å². The minimum Gasteiger partial charge on any atom is -0.323 e. The average Bonchev–Trinajstić information content (AvgIpc) is 2.79. The van der Waals surface area contributed by atoms with E-state index in [-0.39, 0.29) is 6.04 Å². The third-order valence-corrected chi connectivity index (χ3v) is 6.05. The van der Waals surface area contributed by atoms with Gasteiger partial charge >= 0.3 is 0 Å². The first kappa shape index (κ1) is 12.0. The number of fused-ring (bicyclic) bond motifs is 2. The lowest BCUT2D eigenvalue weighted by molar-refractivity contribution is 0.121. The van der Waals surface area contributed by atoms with Gasteiger partial charge in [0, 0.05) is 23.0 Å². The maximum absolute atomic E-state index is 6.42. The molecule has 0 amide bonds. The molecule has 3 atom stereocenters. The van der Waals surface area contributed by atoms with Crippen molar-refractivity contribution in [2.75, 3.05) is 7.05 Å². The Morgan fingerprint density at radius 3 is 2.59 bits per heavy atom. The number of rotatable bonds is 2. The fourth-order valence-corrected chi connectivity index (χ4v) is 4.78. The van der Waals surface area contributed by atoms with Crippen LogP contribution in [0.5, 0.6) is 0 Å². The predicted molar refractivity (Wildman–Crippen MR) is 73.6 cm³/mol. The van der Waals surface area contributed by atoms with E-state index in [9.17, 15) is 0 Å². The summed E-state index contributed by atoms with van der Waals surface area (Å²) in [6, 6.07) is 3.61. The van der Waals surface area contributed by atoms with Gasteiger partial charge in [0.15, 0.2) is 0 Å². The smallest absolute Gasteiger partial charge is 0.0561 e. The number of nitrogens with zero attached hydrogens (tertiary/aromatic N) is 1. The zero-order chi connectivity index (χ0) is 12.0. The Labute approximate surface area is 112 Å². The summed E-state index contributed by atoms with van der Waals surface area (Å²) in [5.41, 5.74) is 6.42. The van der Waals surface area contributed by atoms with E-state index in [1.165, 1.54) is 30.6 Å². The van der Waals surface area contributed by atoms with E-state index in [2.05, 4.69) is 11.9 Å². The molecule has 2 nitrogen and oxygen atoms in total. The van der Waals surface area contributed by atoms with Crippen molar-refractivity contribution in [3.8, 4) is 0 Å². The number of thiophene rings is 1. The van der Waals surface area contributed by atoms with Crippen molar-refractivity contribution in [3.05, 3.63) is 21.3 Å². The minimum absolute atomic E-state index is 0.138. The second-order valence-electron chi connectivity index (χ2n) is 5.44. The molecule has 0 saturated carbocycles. The van der Waals surface area contributed by atoms with E-state index in [0.29, 0.717) is 5.92 Å². The maximum Gasteiger partial charge on any atom is 0.0561 e. The Morgan fingerprint density at radius 1 is 1.41 bits per heavy atom. The molecule has 2 fully saturated rings. The summed E-state index contributed by atoms with van der Waals surface area (Å²) < 4.78 is 0. The summed E-state index contributed by atoms with van der Waals surface area (Å²) >= 11 is 7.90. The summed E-state index contributed by atoms with van der Waals surface area (Å²) in [5, 5.41) is 2.90. The van der Waals surface area contributed by atoms with E-state index in [4.69, 9.17) is 17.3 Å². The molecule has 1 aromatic rings. The number of halogens is 1. The van der Waals surface area contributed by atoms with Gasteiger partial charge in [-0.3, -0.25) is 0 Å². The SMILES string of the molecule is CN1C2CCC1CC(C(N)c1sccc1Cl)C2. The number of hydrogen-bond acceptors (Lipinski definition) is 3. The fraction of sp³-hybridized carbons (Fsp3) is 0.692. The molecule has 94 valence electrons. The van der Waals surface area contributed by atoms with Crippen molar-refractivity contribution >= 4 is 22.9 Å². The third kappa shape index (κ3) is 2.03. The molecular weight excluding hydrogens is 252 g/mol. The third-order valence-electron chi connectivity index (χ3n) is 4.59. The van der Waals surface area contributed by atoms with Gasteiger partial charge in [-0.2, -0.15) is 0 Å².